The molecule has 0 aliphatic carbocycles. The number of piperidine rings is 1. The zero-order valence-corrected chi connectivity index (χ0v) is 12.2. The number of amides is 1. The van der Waals surface area contributed by atoms with Gasteiger partial charge in [0.25, 0.3) is 0 Å². The third-order valence-electron chi connectivity index (χ3n) is 4.19. The molecular formula is C15H27NO3. The second-order valence-corrected chi connectivity index (χ2v) is 5.65. The summed E-state index contributed by atoms with van der Waals surface area (Å²) in [5, 5.41) is 0. The lowest BCUT2D eigenvalue weighted by atomic mass is 10.0. The number of nitrogens with zero attached hydrogens (tertiary/aromatic N) is 1. The van der Waals surface area contributed by atoms with E-state index in [9.17, 15) is 4.79 Å². The molecule has 1 spiro atoms. The second kappa shape index (κ2) is 7.25. The highest BCUT2D eigenvalue weighted by Gasteiger charge is 2.40. The van der Waals surface area contributed by atoms with Crippen molar-refractivity contribution in [3.8, 4) is 0 Å². The molecule has 2 fully saturated rings. The molecule has 0 unspecified atom stereocenters. The van der Waals surface area contributed by atoms with Crippen molar-refractivity contribution in [3.63, 3.8) is 0 Å². The van der Waals surface area contributed by atoms with E-state index < -0.39 is 0 Å². The molecule has 0 aromatic heterocycles. The van der Waals surface area contributed by atoms with Crippen LogP contribution >= 0.6 is 0 Å². The van der Waals surface area contributed by atoms with Crippen LogP contribution in [0, 0.1) is 0 Å². The molecule has 0 saturated carbocycles. The van der Waals surface area contributed by atoms with Gasteiger partial charge in [-0.05, 0) is 6.42 Å². The topological polar surface area (TPSA) is 38.8 Å². The van der Waals surface area contributed by atoms with Gasteiger partial charge in [0.15, 0.2) is 5.79 Å². The van der Waals surface area contributed by atoms with Crippen LogP contribution in [0.25, 0.3) is 0 Å². The Morgan fingerprint density at radius 3 is 2.32 bits per heavy atom. The summed E-state index contributed by atoms with van der Waals surface area (Å²) in [6.45, 7) is 5.18. The molecule has 19 heavy (non-hydrogen) atoms. The SMILES string of the molecule is CCCCCCCC(=O)N1CCC2(CC1)OCCO2. The van der Waals surface area contributed by atoms with Crippen LogP contribution in [0.2, 0.25) is 0 Å². The third kappa shape index (κ3) is 4.18. The van der Waals surface area contributed by atoms with Gasteiger partial charge in [0, 0.05) is 32.4 Å². The first-order valence-corrected chi connectivity index (χ1v) is 7.81. The van der Waals surface area contributed by atoms with Crippen LogP contribution in [0.15, 0.2) is 0 Å². The Labute approximate surface area is 116 Å². The average Bonchev–Trinajstić information content (AvgIpc) is 2.87. The first kappa shape index (κ1) is 14.8. The fourth-order valence-corrected chi connectivity index (χ4v) is 2.92. The van der Waals surface area contributed by atoms with E-state index in [1.54, 1.807) is 0 Å². The van der Waals surface area contributed by atoms with E-state index in [1.165, 1.54) is 25.7 Å². The number of likely N-dealkylation sites (tertiary alicyclic amines) is 1. The van der Waals surface area contributed by atoms with Crippen LogP contribution in [0.5, 0.6) is 0 Å². The van der Waals surface area contributed by atoms with Crippen molar-refractivity contribution in [3.05, 3.63) is 0 Å². The Balaban J connectivity index is 1.62. The lowest BCUT2D eigenvalue weighted by molar-refractivity contribution is -0.187. The monoisotopic (exact) mass is 269 g/mol. The van der Waals surface area contributed by atoms with E-state index in [1.807, 2.05) is 4.90 Å². The smallest absolute Gasteiger partial charge is 0.222 e. The summed E-state index contributed by atoms with van der Waals surface area (Å²) in [5.74, 6) is -0.0536. The van der Waals surface area contributed by atoms with Gasteiger partial charge in [-0.15, -0.1) is 0 Å². The number of rotatable bonds is 6. The van der Waals surface area contributed by atoms with Crippen LogP contribution in [-0.4, -0.2) is 42.9 Å². The Hall–Kier alpha value is -0.610. The third-order valence-corrected chi connectivity index (χ3v) is 4.19. The fraction of sp³-hybridized carbons (Fsp3) is 0.933. The molecule has 2 rings (SSSR count). The van der Waals surface area contributed by atoms with Gasteiger partial charge in [0.1, 0.15) is 0 Å². The van der Waals surface area contributed by atoms with Gasteiger partial charge in [0.2, 0.25) is 5.91 Å². The Morgan fingerprint density at radius 2 is 1.68 bits per heavy atom. The highest BCUT2D eigenvalue weighted by molar-refractivity contribution is 5.76. The number of hydrogen-bond acceptors (Lipinski definition) is 3. The number of ether oxygens (including phenoxy) is 2. The molecular weight excluding hydrogens is 242 g/mol. The lowest BCUT2D eigenvalue weighted by Gasteiger charge is -2.37. The van der Waals surface area contributed by atoms with Gasteiger partial charge < -0.3 is 14.4 Å². The molecule has 0 aromatic rings. The summed E-state index contributed by atoms with van der Waals surface area (Å²) in [5.41, 5.74) is 0. The zero-order valence-electron chi connectivity index (χ0n) is 12.2. The van der Waals surface area contributed by atoms with E-state index in [0.29, 0.717) is 25.5 Å². The van der Waals surface area contributed by atoms with Crippen molar-refractivity contribution in [1.82, 2.24) is 4.90 Å². The minimum absolute atomic E-state index is 0.310. The van der Waals surface area contributed by atoms with Crippen LogP contribution in [0.1, 0.15) is 58.3 Å². The maximum atomic E-state index is 12.1. The van der Waals surface area contributed by atoms with E-state index >= 15 is 0 Å². The predicted molar refractivity (Wildman–Crippen MR) is 73.8 cm³/mol. The summed E-state index contributed by atoms with van der Waals surface area (Å²) < 4.78 is 11.3. The molecule has 4 nitrogen and oxygen atoms in total. The van der Waals surface area contributed by atoms with Crippen molar-refractivity contribution >= 4 is 5.91 Å². The Morgan fingerprint density at radius 1 is 1.05 bits per heavy atom. The van der Waals surface area contributed by atoms with Gasteiger partial charge >= 0.3 is 0 Å². The van der Waals surface area contributed by atoms with Crippen LogP contribution in [-0.2, 0) is 14.3 Å². The van der Waals surface area contributed by atoms with Crippen LogP contribution in [0.4, 0.5) is 0 Å². The van der Waals surface area contributed by atoms with Crippen molar-refractivity contribution in [2.24, 2.45) is 0 Å². The first-order valence-electron chi connectivity index (χ1n) is 7.81. The highest BCUT2D eigenvalue weighted by Crippen LogP contribution is 2.31. The highest BCUT2D eigenvalue weighted by atomic mass is 16.7. The van der Waals surface area contributed by atoms with Gasteiger partial charge in [-0.25, -0.2) is 0 Å². The molecule has 2 heterocycles. The zero-order chi connectivity index (χ0) is 13.6. The summed E-state index contributed by atoms with van der Waals surface area (Å²) in [6.07, 6.45) is 8.38. The molecule has 110 valence electrons. The molecule has 0 radical (unpaired) electrons. The van der Waals surface area contributed by atoms with Crippen molar-refractivity contribution in [2.75, 3.05) is 26.3 Å². The van der Waals surface area contributed by atoms with Crippen LogP contribution in [0.3, 0.4) is 0 Å². The summed E-state index contributed by atoms with van der Waals surface area (Å²) in [4.78, 5) is 14.1. The van der Waals surface area contributed by atoms with Gasteiger partial charge in [-0.3, -0.25) is 4.79 Å². The van der Waals surface area contributed by atoms with Gasteiger partial charge in [-0.2, -0.15) is 0 Å². The van der Waals surface area contributed by atoms with E-state index in [4.69, 9.17) is 9.47 Å². The van der Waals surface area contributed by atoms with E-state index in [-0.39, 0.29) is 5.79 Å². The number of hydrogen-bond donors (Lipinski definition) is 0. The molecule has 0 bridgehead atoms. The Kier molecular flexibility index (Phi) is 5.64. The summed E-state index contributed by atoms with van der Waals surface area (Å²) in [6, 6.07) is 0. The minimum atomic E-state index is -0.363. The molecule has 0 aromatic carbocycles. The standard InChI is InChI=1S/C15H27NO3/c1-2-3-4-5-6-7-14(17)16-10-8-15(9-11-16)18-12-13-19-15/h2-13H2,1H3. The molecule has 4 heteroatoms. The molecule has 2 aliphatic heterocycles. The minimum Gasteiger partial charge on any atom is -0.347 e. The quantitative estimate of drug-likeness (QED) is 0.696. The number of carbonyl (C=O) groups excluding carboxylic acids is 1. The van der Waals surface area contributed by atoms with Crippen LogP contribution < -0.4 is 0 Å². The first-order chi connectivity index (χ1) is 9.26. The van der Waals surface area contributed by atoms with E-state index in [2.05, 4.69) is 6.92 Å². The molecule has 1 amide bonds. The van der Waals surface area contributed by atoms with Gasteiger partial charge in [-0.1, -0.05) is 32.6 Å². The normalized spacial score (nSPS) is 22.1. The molecule has 0 atom stereocenters. The molecule has 2 saturated heterocycles. The maximum Gasteiger partial charge on any atom is 0.222 e. The lowest BCUT2D eigenvalue weighted by Crippen LogP contribution is -2.47. The maximum absolute atomic E-state index is 12.1. The second-order valence-electron chi connectivity index (χ2n) is 5.65. The van der Waals surface area contributed by atoms with Gasteiger partial charge in [0.05, 0.1) is 13.2 Å². The van der Waals surface area contributed by atoms with Crippen molar-refractivity contribution in [2.45, 2.75) is 64.1 Å². The summed E-state index contributed by atoms with van der Waals surface area (Å²) >= 11 is 0. The fourth-order valence-electron chi connectivity index (χ4n) is 2.92. The number of carbonyl (C=O) groups is 1. The summed E-state index contributed by atoms with van der Waals surface area (Å²) in [7, 11) is 0. The number of unbranched alkanes of at least 4 members (excludes halogenated alkanes) is 4. The van der Waals surface area contributed by atoms with E-state index in [0.717, 1.165) is 32.4 Å². The Bertz CT molecular complexity index is 277. The van der Waals surface area contributed by atoms with Crippen molar-refractivity contribution < 1.29 is 14.3 Å². The van der Waals surface area contributed by atoms with Crippen molar-refractivity contribution in [1.29, 1.82) is 0 Å². The largest absolute Gasteiger partial charge is 0.347 e. The molecule has 2 aliphatic rings. The predicted octanol–water partition coefficient (Wildman–Crippen LogP) is 2.71. The average molecular weight is 269 g/mol. The molecule has 0 N–H and O–H groups in total.